The number of rotatable bonds is 7. The number of hydrogen-bond acceptors (Lipinski definition) is 6. The van der Waals surface area contributed by atoms with Crippen molar-refractivity contribution in [3.8, 4) is 11.5 Å². The molecule has 1 unspecified atom stereocenters. The molecule has 1 aliphatic rings. The Labute approximate surface area is 179 Å². The molecule has 1 atom stereocenters. The Hall–Kier alpha value is -2.78. The van der Waals surface area contributed by atoms with Gasteiger partial charge >= 0.3 is 0 Å². The van der Waals surface area contributed by atoms with Gasteiger partial charge in [-0.15, -0.1) is 0 Å². The monoisotopic (exact) mass is 452 g/mol. The van der Waals surface area contributed by atoms with E-state index in [9.17, 15) is 18.0 Å². The van der Waals surface area contributed by atoms with E-state index in [1.54, 1.807) is 24.3 Å². The van der Waals surface area contributed by atoms with Crippen molar-refractivity contribution in [3.05, 3.63) is 53.6 Å². The predicted molar refractivity (Wildman–Crippen MR) is 110 cm³/mol. The summed E-state index contributed by atoms with van der Waals surface area (Å²) in [4.78, 5) is 26.5. The summed E-state index contributed by atoms with van der Waals surface area (Å²) in [6.45, 7) is 1.57. The van der Waals surface area contributed by atoms with Crippen LogP contribution in [-0.2, 0) is 19.6 Å². The van der Waals surface area contributed by atoms with E-state index in [-0.39, 0.29) is 11.5 Å². The smallest absolute Gasteiger partial charge is 0.264 e. The minimum atomic E-state index is -4.09. The maximum atomic E-state index is 12.7. The second kappa shape index (κ2) is 8.53. The standard InChI is InChI=1S/C20H21ClN2O6S/c1-20(19(25)22-30(26,27)17-9-7-15(28-2)8-10-17)11-12-23(20)18(24)13-29-16-5-3-14(21)4-6-16/h3-10H,11-13H2,1-2H3,(H,22,25). The summed E-state index contributed by atoms with van der Waals surface area (Å²) < 4.78 is 37.6. The Morgan fingerprint density at radius 1 is 1.10 bits per heavy atom. The Balaban J connectivity index is 1.64. The van der Waals surface area contributed by atoms with E-state index in [1.165, 1.54) is 43.2 Å². The quantitative estimate of drug-likeness (QED) is 0.691. The number of sulfonamides is 1. The van der Waals surface area contributed by atoms with Gasteiger partial charge in [-0.2, -0.15) is 0 Å². The summed E-state index contributed by atoms with van der Waals surface area (Å²) in [5.41, 5.74) is -1.28. The summed E-state index contributed by atoms with van der Waals surface area (Å²) in [6, 6.07) is 12.1. The molecule has 0 aliphatic carbocycles. The molecule has 2 amide bonds. The molecule has 8 nitrogen and oxygen atoms in total. The van der Waals surface area contributed by atoms with Gasteiger partial charge in [-0.1, -0.05) is 11.6 Å². The molecule has 1 aliphatic heterocycles. The number of benzene rings is 2. The van der Waals surface area contributed by atoms with Crippen molar-refractivity contribution in [2.24, 2.45) is 0 Å². The summed E-state index contributed by atoms with van der Waals surface area (Å²) in [5, 5.41) is 0.540. The van der Waals surface area contributed by atoms with E-state index < -0.39 is 27.4 Å². The lowest BCUT2D eigenvalue weighted by molar-refractivity contribution is -0.158. The largest absolute Gasteiger partial charge is 0.497 e. The molecule has 0 aromatic heterocycles. The van der Waals surface area contributed by atoms with Gasteiger partial charge in [0.05, 0.1) is 12.0 Å². The molecule has 2 aromatic carbocycles. The third kappa shape index (κ3) is 4.52. The van der Waals surface area contributed by atoms with Gasteiger partial charge in [-0.3, -0.25) is 9.59 Å². The normalized spacial score (nSPS) is 18.3. The molecule has 1 saturated heterocycles. The second-order valence-corrected chi connectivity index (χ2v) is 9.04. The molecule has 2 aromatic rings. The van der Waals surface area contributed by atoms with E-state index in [4.69, 9.17) is 21.1 Å². The van der Waals surface area contributed by atoms with Crippen molar-refractivity contribution in [3.63, 3.8) is 0 Å². The minimum absolute atomic E-state index is 0.0801. The number of carbonyl (C=O) groups excluding carboxylic acids is 2. The molecule has 0 bridgehead atoms. The fourth-order valence-corrected chi connectivity index (χ4v) is 4.20. The first-order chi connectivity index (χ1) is 14.2. The van der Waals surface area contributed by atoms with Gasteiger partial charge in [0.1, 0.15) is 17.0 Å². The van der Waals surface area contributed by atoms with E-state index in [2.05, 4.69) is 4.72 Å². The van der Waals surface area contributed by atoms with Gasteiger partial charge in [0, 0.05) is 11.6 Å². The summed E-state index contributed by atoms with van der Waals surface area (Å²) >= 11 is 5.81. The molecule has 3 rings (SSSR count). The molecule has 0 saturated carbocycles. The van der Waals surface area contributed by atoms with E-state index in [0.717, 1.165) is 0 Å². The molecule has 10 heteroatoms. The molecule has 0 radical (unpaired) electrons. The molecule has 1 N–H and O–H groups in total. The van der Waals surface area contributed by atoms with Crippen LogP contribution in [0.2, 0.25) is 5.02 Å². The van der Waals surface area contributed by atoms with Gasteiger partial charge in [-0.25, -0.2) is 13.1 Å². The number of nitrogens with one attached hydrogen (secondary N) is 1. The van der Waals surface area contributed by atoms with Gasteiger partial charge in [0.25, 0.3) is 21.8 Å². The van der Waals surface area contributed by atoms with Gasteiger partial charge < -0.3 is 14.4 Å². The van der Waals surface area contributed by atoms with Gasteiger partial charge in [-0.05, 0) is 61.9 Å². The van der Waals surface area contributed by atoms with Crippen LogP contribution in [0, 0.1) is 0 Å². The third-order valence-corrected chi connectivity index (χ3v) is 6.58. The zero-order valence-corrected chi connectivity index (χ0v) is 18.0. The molecule has 1 heterocycles. The molecular weight excluding hydrogens is 432 g/mol. The lowest BCUT2D eigenvalue weighted by Gasteiger charge is -2.48. The summed E-state index contributed by atoms with van der Waals surface area (Å²) in [5.74, 6) is -0.245. The maximum Gasteiger partial charge on any atom is 0.264 e. The highest BCUT2D eigenvalue weighted by Crippen LogP contribution is 2.31. The first kappa shape index (κ1) is 21.9. The lowest BCUT2D eigenvalue weighted by atomic mass is 9.86. The van der Waals surface area contributed by atoms with Crippen molar-refractivity contribution in [1.29, 1.82) is 0 Å². The fraction of sp³-hybridized carbons (Fsp3) is 0.300. The number of halogens is 1. The summed E-state index contributed by atoms with van der Waals surface area (Å²) in [7, 11) is -2.63. The van der Waals surface area contributed by atoms with Crippen molar-refractivity contribution in [2.75, 3.05) is 20.3 Å². The molecule has 0 spiro atoms. The van der Waals surface area contributed by atoms with Crippen LogP contribution in [0.5, 0.6) is 11.5 Å². The number of nitrogens with zero attached hydrogens (tertiary/aromatic N) is 1. The maximum absolute atomic E-state index is 12.7. The van der Waals surface area contributed by atoms with Gasteiger partial charge in [0.2, 0.25) is 0 Å². The first-order valence-corrected chi connectivity index (χ1v) is 10.9. The van der Waals surface area contributed by atoms with Crippen LogP contribution in [0.1, 0.15) is 13.3 Å². The van der Waals surface area contributed by atoms with Gasteiger partial charge in [0.15, 0.2) is 6.61 Å². The van der Waals surface area contributed by atoms with Crippen molar-refractivity contribution in [1.82, 2.24) is 9.62 Å². The number of carbonyl (C=O) groups is 2. The van der Waals surface area contributed by atoms with E-state index in [1.807, 2.05) is 0 Å². The van der Waals surface area contributed by atoms with Crippen LogP contribution in [0.3, 0.4) is 0 Å². The van der Waals surface area contributed by atoms with Crippen molar-refractivity contribution >= 4 is 33.4 Å². The highest BCUT2D eigenvalue weighted by atomic mass is 35.5. The van der Waals surface area contributed by atoms with E-state index >= 15 is 0 Å². The first-order valence-electron chi connectivity index (χ1n) is 9.06. The van der Waals surface area contributed by atoms with Crippen LogP contribution in [-0.4, -0.2) is 50.9 Å². The van der Waals surface area contributed by atoms with Crippen LogP contribution in [0.4, 0.5) is 0 Å². The zero-order chi connectivity index (χ0) is 21.9. The lowest BCUT2D eigenvalue weighted by Crippen LogP contribution is -2.68. The second-order valence-electron chi connectivity index (χ2n) is 6.92. The van der Waals surface area contributed by atoms with Crippen LogP contribution < -0.4 is 14.2 Å². The SMILES string of the molecule is COc1ccc(S(=O)(=O)NC(=O)C2(C)CCN2C(=O)COc2ccc(Cl)cc2)cc1. The van der Waals surface area contributed by atoms with Crippen LogP contribution in [0.15, 0.2) is 53.4 Å². The highest BCUT2D eigenvalue weighted by Gasteiger charge is 2.50. The number of hydrogen-bond donors (Lipinski definition) is 1. The number of amides is 2. The zero-order valence-electron chi connectivity index (χ0n) is 16.4. The minimum Gasteiger partial charge on any atom is -0.497 e. The average Bonchev–Trinajstić information content (AvgIpc) is 2.71. The number of ether oxygens (including phenoxy) is 2. The van der Waals surface area contributed by atoms with E-state index in [0.29, 0.717) is 29.5 Å². The Morgan fingerprint density at radius 2 is 1.70 bits per heavy atom. The third-order valence-electron chi connectivity index (χ3n) is 4.98. The fourth-order valence-electron chi connectivity index (χ4n) is 2.99. The average molecular weight is 453 g/mol. The van der Waals surface area contributed by atoms with Crippen LogP contribution >= 0.6 is 11.6 Å². The molecule has 160 valence electrons. The van der Waals surface area contributed by atoms with Crippen molar-refractivity contribution in [2.45, 2.75) is 23.8 Å². The highest BCUT2D eigenvalue weighted by molar-refractivity contribution is 7.90. The summed E-state index contributed by atoms with van der Waals surface area (Å²) in [6.07, 6.45) is 0.337. The Morgan fingerprint density at radius 3 is 2.23 bits per heavy atom. The molecular formula is C20H21ClN2O6S. The Bertz CT molecular complexity index is 1040. The predicted octanol–water partition coefficient (Wildman–Crippen LogP) is 2.22. The number of methoxy groups -OCH3 is 1. The van der Waals surface area contributed by atoms with Crippen LogP contribution in [0.25, 0.3) is 0 Å². The molecule has 1 fully saturated rings. The molecule has 30 heavy (non-hydrogen) atoms. The Kier molecular flexibility index (Phi) is 6.23. The number of likely N-dealkylation sites (tertiary alicyclic amines) is 1. The topological polar surface area (TPSA) is 102 Å². The van der Waals surface area contributed by atoms with Crippen molar-refractivity contribution < 1.29 is 27.5 Å².